The summed E-state index contributed by atoms with van der Waals surface area (Å²) in [6.45, 7) is 4.29. The van der Waals surface area contributed by atoms with Crippen LogP contribution in [0.25, 0.3) is 10.2 Å². The molecule has 0 amide bonds. The highest BCUT2D eigenvalue weighted by Crippen LogP contribution is 2.29. The average molecular weight is 251 g/mol. The van der Waals surface area contributed by atoms with E-state index >= 15 is 0 Å². The van der Waals surface area contributed by atoms with E-state index in [1.54, 1.807) is 11.3 Å². The van der Waals surface area contributed by atoms with E-state index in [-0.39, 0.29) is 5.11 Å². The Balaban J connectivity index is 2.41. The molecular formula is C11H13N3S2. The zero-order valence-electron chi connectivity index (χ0n) is 9.15. The van der Waals surface area contributed by atoms with Crippen molar-refractivity contribution in [2.45, 2.75) is 19.8 Å². The van der Waals surface area contributed by atoms with Crippen LogP contribution in [0.5, 0.6) is 0 Å². The Morgan fingerprint density at radius 1 is 1.50 bits per heavy atom. The van der Waals surface area contributed by atoms with Crippen LogP contribution >= 0.6 is 23.6 Å². The second-order valence-corrected chi connectivity index (χ2v) is 5.38. The first-order chi connectivity index (χ1) is 7.56. The second kappa shape index (κ2) is 4.35. The fourth-order valence-corrected chi connectivity index (χ4v) is 2.54. The molecule has 0 saturated carbocycles. The first-order valence-electron chi connectivity index (χ1n) is 5.03. The highest BCUT2D eigenvalue weighted by Gasteiger charge is 2.07. The first-order valence-corrected chi connectivity index (χ1v) is 6.25. The number of thiazole rings is 1. The number of nitrogens with two attached hydrogens (primary N) is 1. The Kier molecular flexibility index (Phi) is 3.07. The molecule has 3 nitrogen and oxygen atoms in total. The molecule has 0 aliphatic rings. The van der Waals surface area contributed by atoms with Crippen LogP contribution in [-0.2, 0) is 0 Å². The molecule has 84 valence electrons. The first kappa shape index (κ1) is 11.3. The number of anilines is 1. The maximum Gasteiger partial charge on any atom is 0.168 e. The molecule has 1 aromatic heterocycles. The quantitative estimate of drug-likeness (QED) is 0.805. The summed E-state index contributed by atoms with van der Waals surface area (Å²) in [7, 11) is 0. The Morgan fingerprint density at radius 3 is 2.88 bits per heavy atom. The summed E-state index contributed by atoms with van der Waals surface area (Å²) < 4.78 is 1.16. The van der Waals surface area contributed by atoms with Gasteiger partial charge in [0.15, 0.2) is 5.11 Å². The van der Waals surface area contributed by atoms with Gasteiger partial charge in [0.05, 0.1) is 15.2 Å². The molecule has 0 aliphatic heterocycles. The molecule has 16 heavy (non-hydrogen) atoms. The molecule has 0 saturated heterocycles. The predicted molar refractivity (Wildman–Crippen MR) is 74.1 cm³/mol. The topological polar surface area (TPSA) is 50.9 Å². The van der Waals surface area contributed by atoms with Crippen molar-refractivity contribution in [2.24, 2.45) is 5.73 Å². The number of nitrogens with one attached hydrogen (secondary N) is 1. The monoisotopic (exact) mass is 251 g/mol. The summed E-state index contributed by atoms with van der Waals surface area (Å²) >= 11 is 6.51. The fraction of sp³-hybridized carbons (Fsp3) is 0.273. The van der Waals surface area contributed by atoms with Gasteiger partial charge in [-0.2, -0.15) is 0 Å². The lowest BCUT2D eigenvalue weighted by Crippen LogP contribution is -2.18. The molecule has 5 heteroatoms. The number of aromatic nitrogens is 1. The smallest absolute Gasteiger partial charge is 0.168 e. The maximum absolute atomic E-state index is 5.43. The van der Waals surface area contributed by atoms with Crippen molar-refractivity contribution in [1.29, 1.82) is 0 Å². The zero-order valence-corrected chi connectivity index (χ0v) is 10.8. The van der Waals surface area contributed by atoms with Crippen molar-refractivity contribution in [1.82, 2.24) is 4.98 Å². The van der Waals surface area contributed by atoms with E-state index in [4.69, 9.17) is 18.0 Å². The number of benzene rings is 1. The molecule has 0 unspecified atom stereocenters. The number of nitrogens with zero attached hydrogens (tertiary/aromatic N) is 1. The van der Waals surface area contributed by atoms with E-state index in [1.807, 2.05) is 18.2 Å². The summed E-state index contributed by atoms with van der Waals surface area (Å²) in [5.74, 6) is 0.462. The van der Waals surface area contributed by atoms with Gasteiger partial charge in [0, 0.05) is 11.6 Å². The van der Waals surface area contributed by atoms with Gasteiger partial charge < -0.3 is 11.1 Å². The van der Waals surface area contributed by atoms with Crippen molar-refractivity contribution in [3.8, 4) is 0 Å². The maximum atomic E-state index is 5.43. The van der Waals surface area contributed by atoms with Gasteiger partial charge in [-0.1, -0.05) is 13.8 Å². The van der Waals surface area contributed by atoms with Gasteiger partial charge >= 0.3 is 0 Å². The van der Waals surface area contributed by atoms with Crippen LogP contribution in [0, 0.1) is 0 Å². The Labute approximate surface area is 104 Å². The van der Waals surface area contributed by atoms with Crippen molar-refractivity contribution in [3.05, 3.63) is 23.2 Å². The van der Waals surface area contributed by atoms with E-state index < -0.39 is 0 Å². The minimum Gasteiger partial charge on any atom is -0.376 e. The molecule has 1 heterocycles. The number of hydrogen-bond acceptors (Lipinski definition) is 3. The zero-order chi connectivity index (χ0) is 11.7. The minimum atomic E-state index is 0.285. The third-order valence-electron chi connectivity index (χ3n) is 2.17. The lowest BCUT2D eigenvalue weighted by Gasteiger charge is -2.01. The van der Waals surface area contributed by atoms with Gasteiger partial charge in [-0.3, -0.25) is 0 Å². The van der Waals surface area contributed by atoms with Crippen LogP contribution < -0.4 is 11.1 Å². The van der Waals surface area contributed by atoms with E-state index in [1.165, 1.54) is 0 Å². The van der Waals surface area contributed by atoms with Gasteiger partial charge in [-0.15, -0.1) is 11.3 Å². The molecule has 3 N–H and O–H groups in total. The number of rotatable bonds is 2. The summed E-state index contributed by atoms with van der Waals surface area (Å²) in [5.41, 5.74) is 7.38. The molecule has 0 aliphatic carbocycles. The predicted octanol–water partition coefficient (Wildman–Crippen LogP) is 3.08. The summed E-state index contributed by atoms with van der Waals surface area (Å²) in [4.78, 5) is 4.56. The van der Waals surface area contributed by atoms with Crippen LogP contribution in [0.3, 0.4) is 0 Å². The van der Waals surface area contributed by atoms with Crippen LogP contribution in [0.1, 0.15) is 24.8 Å². The highest BCUT2D eigenvalue weighted by molar-refractivity contribution is 7.80. The molecule has 0 spiro atoms. The third-order valence-corrected chi connectivity index (χ3v) is 3.59. The molecule has 1 aromatic carbocycles. The fourth-order valence-electron chi connectivity index (χ4n) is 1.41. The Morgan fingerprint density at radius 2 is 2.25 bits per heavy atom. The summed E-state index contributed by atoms with van der Waals surface area (Å²) in [5, 5.41) is 4.36. The number of hydrogen-bond donors (Lipinski definition) is 2. The molecule has 0 fully saturated rings. The van der Waals surface area contributed by atoms with Crippen molar-refractivity contribution in [3.63, 3.8) is 0 Å². The average Bonchev–Trinajstić information content (AvgIpc) is 2.59. The standard InChI is InChI=1S/C11H13N3S2/c1-6(2)10-14-8-4-3-7(13-11(12)15)5-9(8)16-10/h3-6H,1-2H3,(H3,12,13,15). The largest absolute Gasteiger partial charge is 0.376 e. The second-order valence-electron chi connectivity index (χ2n) is 3.88. The lowest BCUT2D eigenvalue weighted by atomic mass is 10.2. The highest BCUT2D eigenvalue weighted by atomic mass is 32.1. The van der Waals surface area contributed by atoms with Gasteiger partial charge in [0.1, 0.15) is 0 Å². The minimum absolute atomic E-state index is 0.285. The van der Waals surface area contributed by atoms with Crippen LogP contribution in [0.2, 0.25) is 0 Å². The van der Waals surface area contributed by atoms with Gasteiger partial charge in [0.25, 0.3) is 0 Å². The van der Waals surface area contributed by atoms with Crippen molar-refractivity contribution < 1.29 is 0 Å². The Hall–Kier alpha value is -1.20. The van der Waals surface area contributed by atoms with Gasteiger partial charge in [-0.05, 0) is 30.4 Å². The van der Waals surface area contributed by atoms with Crippen molar-refractivity contribution >= 4 is 44.6 Å². The van der Waals surface area contributed by atoms with Crippen molar-refractivity contribution in [2.75, 3.05) is 5.32 Å². The van der Waals surface area contributed by atoms with E-state index in [0.717, 1.165) is 20.9 Å². The van der Waals surface area contributed by atoms with Gasteiger partial charge in [0.2, 0.25) is 0 Å². The molecule has 0 atom stereocenters. The van der Waals surface area contributed by atoms with Crippen LogP contribution in [0.4, 0.5) is 5.69 Å². The molecule has 2 aromatic rings. The van der Waals surface area contributed by atoms with Crippen LogP contribution in [0.15, 0.2) is 18.2 Å². The van der Waals surface area contributed by atoms with Crippen LogP contribution in [-0.4, -0.2) is 10.1 Å². The van der Waals surface area contributed by atoms with E-state index in [9.17, 15) is 0 Å². The number of thiocarbonyl (C=S) groups is 1. The molecule has 0 radical (unpaired) electrons. The summed E-state index contributed by atoms with van der Waals surface area (Å²) in [6, 6.07) is 5.95. The van der Waals surface area contributed by atoms with E-state index in [2.05, 4.69) is 24.1 Å². The normalized spacial score (nSPS) is 10.9. The third kappa shape index (κ3) is 2.31. The molecular weight excluding hydrogens is 238 g/mol. The lowest BCUT2D eigenvalue weighted by molar-refractivity contribution is 0.857. The SMILES string of the molecule is CC(C)c1nc2ccc(NC(N)=S)cc2s1. The van der Waals surface area contributed by atoms with E-state index in [0.29, 0.717) is 5.92 Å². The molecule has 0 bridgehead atoms. The van der Waals surface area contributed by atoms with Gasteiger partial charge in [-0.25, -0.2) is 4.98 Å². The summed E-state index contributed by atoms with van der Waals surface area (Å²) in [6.07, 6.45) is 0. The number of fused-ring (bicyclic) bond motifs is 1. The molecule has 2 rings (SSSR count). The Bertz CT molecular complexity index is 531.